The Labute approximate surface area is 244 Å². The van der Waals surface area contributed by atoms with E-state index in [1.165, 1.54) is 5.56 Å². The van der Waals surface area contributed by atoms with Gasteiger partial charge in [-0.05, 0) is 70.6 Å². The lowest BCUT2D eigenvalue weighted by atomic mass is 10.1. The topological polar surface area (TPSA) is 99.8 Å². The number of amides is 2. The number of likely N-dealkylation sites (tertiary alicyclic amines) is 1. The molecule has 0 spiro atoms. The Morgan fingerprint density at radius 2 is 1.90 bits per heavy atom. The molecule has 0 bridgehead atoms. The van der Waals surface area contributed by atoms with Crippen molar-refractivity contribution in [3.63, 3.8) is 0 Å². The van der Waals surface area contributed by atoms with Crippen LogP contribution in [0.3, 0.4) is 0 Å². The van der Waals surface area contributed by atoms with E-state index in [-0.39, 0.29) is 11.8 Å². The summed E-state index contributed by atoms with van der Waals surface area (Å²) in [6.45, 7) is 16.8. The summed E-state index contributed by atoms with van der Waals surface area (Å²) in [5, 5.41) is 6.28. The zero-order valence-corrected chi connectivity index (χ0v) is 25.7. The van der Waals surface area contributed by atoms with E-state index in [0.29, 0.717) is 43.1 Å². The summed E-state index contributed by atoms with van der Waals surface area (Å²) in [4.78, 5) is 34.5. The van der Waals surface area contributed by atoms with Gasteiger partial charge in [0.2, 0.25) is 5.91 Å². The maximum Gasteiger partial charge on any atom is 0.274 e. The first-order chi connectivity index (χ1) is 19.2. The van der Waals surface area contributed by atoms with Gasteiger partial charge < -0.3 is 16.4 Å². The van der Waals surface area contributed by atoms with Crippen LogP contribution < -0.4 is 16.4 Å². The van der Waals surface area contributed by atoms with Crippen molar-refractivity contribution in [2.45, 2.75) is 79.8 Å². The zero-order chi connectivity index (χ0) is 29.7. The standard InChI is InChI=1S/C30H39N5O2S.C2H6/c1-6-26(32-16-10-13-23-11-8-7-9-12-23)30(37)35-21(4)14-15-27(35)29(36)34-19-25-17-24(22(5)38-25)18-33-28(31)20(2)3;1-2/h6-9,11-12,17-18,27,32H,4,10,13-16,19,31H2,1-3,5H3,(H,34,36);1-2H3/b26-6+,33-18-;. The van der Waals surface area contributed by atoms with Crippen LogP contribution in [0.25, 0.3) is 0 Å². The number of hydrogen-bond donors (Lipinski definition) is 3. The highest BCUT2D eigenvalue weighted by atomic mass is 32.1. The SMILES string of the molecule is C=C1CCC(C(=O)NCc2cc(/C=N\C(N)=C(C)C)c(C)s2)N1C(=O)/C(=C\C)NCCCc1ccccc1.CC. The molecule has 1 aliphatic rings. The van der Waals surface area contributed by atoms with E-state index in [0.717, 1.165) is 33.7 Å². The minimum absolute atomic E-state index is 0.174. The van der Waals surface area contributed by atoms with Gasteiger partial charge in [-0.3, -0.25) is 14.5 Å². The molecule has 0 saturated carbocycles. The number of carbonyl (C=O) groups is 2. The zero-order valence-electron chi connectivity index (χ0n) is 24.8. The van der Waals surface area contributed by atoms with Crippen LogP contribution in [-0.4, -0.2) is 35.5 Å². The van der Waals surface area contributed by atoms with Gasteiger partial charge >= 0.3 is 0 Å². The highest BCUT2D eigenvalue weighted by Crippen LogP contribution is 2.28. The number of nitrogens with two attached hydrogens (primary N) is 1. The van der Waals surface area contributed by atoms with Crippen molar-refractivity contribution >= 4 is 29.4 Å². The molecule has 1 atom stereocenters. The van der Waals surface area contributed by atoms with Gasteiger partial charge in [-0.1, -0.05) is 56.8 Å². The molecule has 1 saturated heterocycles. The second kappa shape index (κ2) is 16.5. The summed E-state index contributed by atoms with van der Waals surface area (Å²) in [6, 6.07) is 11.7. The molecule has 2 amide bonds. The Morgan fingerprint density at radius 3 is 2.55 bits per heavy atom. The lowest BCUT2D eigenvalue weighted by Gasteiger charge is -2.26. The smallest absolute Gasteiger partial charge is 0.274 e. The Hall–Kier alpha value is -3.65. The molecule has 40 heavy (non-hydrogen) atoms. The third kappa shape index (κ3) is 9.23. The lowest BCUT2D eigenvalue weighted by Crippen LogP contribution is -2.46. The minimum atomic E-state index is -0.573. The predicted molar refractivity (Wildman–Crippen MR) is 168 cm³/mol. The van der Waals surface area contributed by atoms with E-state index in [2.05, 4.69) is 34.3 Å². The molecule has 1 aromatic carbocycles. The number of carbonyl (C=O) groups excluding carboxylic acids is 2. The first-order valence-electron chi connectivity index (χ1n) is 14.0. The molecule has 3 rings (SSSR count). The highest BCUT2D eigenvalue weighted by molar-refractivity contribution is 7.12. The number of hydrogen-bond acceptors (Lipinski definition) is 6. The second-order valence-electron chi connectivity index (χ2n) is 9.60. The van der Waals surface area contributed by atoms with Crippen LogP contribution in [0.1, 0.15) is 74.8 Å². The fraction of sp³-hybridized carbons (Fsp3) is 0.406. The van der Waals surface area contributed by atoms with Gasteiger partial charge in [-0.25, -0.2) is 4.99 Å². The van der Waals surface area contributed by atoms with Crippen molar-refractivity contribution in [3.05, 3.63) is 92.7 Å². The third-order valence-electron chi connectivity index (χ3n) is 6.50. The molecule has 2 aromatic rings. The molecular weight excluding hydrogens is 518 g/mol. The minimum Gasteiger partial charge on any atom is -0.384 e. The average molecular weight is 564 g/mol. The number of aryl methyl sites for hydroxylation is 2. The maximum atomic E-state index is 13.4. The summed E-state index contributed by atoms with van der Waals surface area (Å²) < 4.78 is 0. The molecule has 1 aromatic heterocycles. The van der Waals surface area contributed by atoms with Crippen molar-refractivity contribution in [1.29, 1.82) is 0 Å². The van der Waals surface area contributed by atoms with Gasteiger partial charge in [0.25, 0.3) is 5.91 Å². The Balaban J connectivity index is 0.00000274. The Morgan fingerprint density at radius 1 is 1.20 bits per heavy atom. The summed E-state index contributed by atoms with van der Waals surface area (Å²) >= 11 is 1.60. The number of nitrogens with one attached hydrogen (secondary N) is 2. The molecule has 1 aliphatic heterocycles. The van der Waals surface area contributed by atoms with Crippen molar-refractivity contribution in [2.75, 3.05) is 6.54 Å². The van der Waals surface area contributed by atoms with E-state index < -0.39 is 6.04 Å². The van der Waals surface area contributed by atoms with Crippen LogP contribution >= 0.6 is 11.3 Å². The summed E-state index contributed by atoms with van der Waals surface area (Å²) in [6.07, 6.45) is 6.52. The van der Waals surface area contributed by atoms with Gasteiger partial charge in [0.1, 0.15) is 11.9 Å². The van der Waals surface area contributed by atoms with Gasteiger partial charge in [0.15, 0.2) is 0 Å². The van der Waals surface area contributed by atoms with Crippen LogP contribution in [0, 0.1) is 6.92 Å². The lowest BCUT2D eigenvalue weighted by molar-refractivity contribution is -0.134. The van der Waals surface area contributed by atoms with E-state index in [9.17, 15) is 9.59 Å². The largest absolute Gasteiger partial charge is 0.384 e. The number of nitrogens with zero attached hydrogens (tertiary/aromatic N) is 2. The third-order valence-corrected chi connectivity index (χ3v) is 7.57. The molecular formula is C32H45N5O2S. The number of thiophene rings is 1. The fourth-order valence-corrected chi connectivity index (χ4v) is 5.19. The molecule has 0 radical (unpaired) electrons. The first-order valence-corrected chi connectivity index (χ1v) is 14.8. The Bertz CT molecular complexity index is 1240. The average Bonchev–Trinajstić information content (AvgIpc) is 3.53. The number of allylic oxidation sites excluding steroid dienone is 3. The van der Waals surface area contributed by atoms with E-state index in [1.807, 2.05) is 65.8 Å². The Kier molecular flexibility index (Phi) is 13.4. The second-order valence-corrected chi connectivity index (χ2v) is 10.9. The maximum absolute atomic E-state index is 13.4. The number of rotatable bonds is 11. The highest BCUT2D eigenvalue weighted by Gasteiger charge is 2.37. The summed E-state index contributed by atoms with van der Waals surface area (Å²) in [5.41, 5.74) is 10.3. The first kappa shape index (κ1) is 32.6. The molecule has 2 heterocycles. The van der Waals surface area contributed by atoms with E-state index >= 15 is 0 Å². The monoisotopic (exact) mass is 563 g/mol. The molecule has 8 heteroatoms. The van der Waals surface area contributed by atoms with E-state index in [4.69, 9.17) is 5.73 Å². The van der Waals surface area contributed by atoms with Crippen molar-refractivity contribution in [3.8, 4) is 0 Å². The molecule has 0 aliphatic carbocycles. The van der Waals surface area contributed by atoms with Crippen molar-refractivity contribution < 1.29 is 9.59 Å². The molecule has 4 N–H and O–H groups in total. The predicted octanol–water partition coefficient (Wildman–Crippen LogP) is 5.96. The van der Waals surface area contributed by atoms with E-state index in [1.54, 1.807) is 28.5 Å². The number of aliphatic imine (C=N–C) groups is 1. The van der Waals surface area contributed by atoms with Gasteiger partial charge in [-0.15, -0.1) is 11.3 Å². The van der Waals surface area contributed by atoms with Crippen LogP contribution in [0.15, 0.2) is 76.8 Å². The van der Waals surface area contributed by atoms with Crippen LogP contribution in [0.2, 0.25) is 0 Å². The van der Waals surface area contributed by atoms with Crippen LogP contribution in [0.4, 0.5) is 0 Å². The van der Waals surface area contributed by atoms with Crippen LogP contribution in [0.5, 0.6) is 0 Å². The van der Waals surface area contributed by atoms with Gasteiger partial charge in [-0.2, -0.15) is 0 Å². The molecule has 1 unspecified atom stereocenters. The van der Waals surface area contributed by atoms with Crippen molar-refractivity contribution in [1.82, 2.24) is 15.5 Å². The summed E-state index contributed by atoms with van der Waals surface area (Å²) in [5.74, 6) is 0.117. The van der Waals surface area contributed by atoms with Crippen LogP contribution in [-0.2, 0) is 22.6 Å². The molecule has 1 fully saturated rings. The normalized spacial score (nSPS) is 15.1. The van der Waals surface area contributed by atoms with Crippen molar-refractivity contribution in [2.24, 2.45) is 10.7 Å². The molecule has 7 nitrogen and oxygen atoms in total. The number of benzene rings is 1. The summed E-state index contributed by atoms with van der Waals surface area (Å²) in [7, 11) is 0. The van der Waals surface area contributed by atoms with Gasteiger partial charge in [0, 0.05) is 33.8 Å². The molecule has 216 valence electrons. The quantitative estimate of drug-likeness (QED) is 0.178. The van der Waals surface area contributed by atoms with Gasteiger partial charge in [0.05, 0.1) is 12.2 Å². The fourth-order valence-electron chi connectivity index (χ4n) is 4.23.